The van der Waals surface area contributed by atoms with Crippen LogP contribution >= 0.6 is 11.8 Å². The van der Waals surface area contributed by atoms with Crippen LogP contribution in [0.4, 0.5) is 0 Å². The molecule has 1 aliphatic rings. The Kier molecular flexibility index (Phi) is 2.58. The molecule has 0 spiro atoms. The van der Waals surface area contributed by atoms with Crippen LogP contribution in [0.2, 0.25) is 0 Å². The van der Waals surface area contributed by atoms with Gasteiger partial charge in [-0.25, -0.2) is 0 Å². The molecule has 1 aromatic rings. The number of hydrogen-bond donors (Lipinski definition) is 0. The molecular weight excluding hydrogens is 176 g/mol. The molecule has 0 N–H and O–H groups in total. The van der Waals surface area contributed by atoms with Crippen LogP contribution in [0.5, 0.6) is 0 Å². The molecule has 0 aromatic heterocycles. The first kappa shape index (κ1) is 8.68. The Bertz CT molecular complexity index is 327. The molecule has 0 aliphatic carbocycles. The second-order valence-electron chi connectivity index (χ2n) is 3.25. The number of thioether (sulfide) groups is 1. The lowest BCUT2D eigenvalue weighted by atomic mass is 10.1. The molecular formula is C12H12S. The summed E-state index contributed by atoms with van der Waals surface area (Å²) in [6.45, 7) is 3.55. The molecule has 1 aliphatic heterocycles. The summed E-state index contributed by atoms with van der Waals surface area (Å²) in [5.74, 6) is 1.34. The van der Waals surface area contributed by atoms with Gasteiger partial charge in [0.05, 0.1) is 0 Å². The van der Waals surface area contributed by atoms with Crippen molar-refractivity contribution >= 4 is 17.8 Å². The van der Waals surface area contributed by atoms with E-state index in [-0.39, 0.29) is 0 Å². The zero-order chi connectivity index (χ0) is 9.10. The molecule has 1 fully saturated rings. The lowest BCUT2D eigenvalue weighted by Crippen LogP contribution is -1.90. The van der Waals surface area contributed by atoms with E-state index >= 15 is 0 Å². The van der Waals surface area contributed by atoms with Gasteiger partial charge in [-0.05, 0) is 23.6 Å². The van der Waals surface area contributed by atoms with Crippen molar-refractivity contribution in [1.82, 2.24) is 0 Å². The second kappa shape index (κ2) is 3.87. The van der Waals surface area contributed by atoms with Gasteiger partial charge in [-0.3, -0.25) is 0 Å². The fourth-order valence-electron chi connectivity index (χ4n) is 1.32. The molecule has 66 valence electrons. The molecule has 1 unspecified atom stereocenters. The summed E-state index contributed by atoms with van der Waals surface area (Å²) in [6.07, 6.45) is 3.12. The standard InChI is InChI=1S/C12H12S/c1-2-3-10-4-6-11(7-5-10)8-12-9-13-12/h3-7,12H,1,8-9H2. The maximum absolute atomic E-state index is 3.55. The number of benzene rings is 1. The van der Waals surface area contributed by atoms with Gasteiger partial charge in [0.15, 0.2) is 0 Å². The Hall–Kier alpha value is -0.910. The van der Waals surface area contributed by atoms with E-state index in [0.717, 1.165) is 5.25 Å². The quantitative estimate of drug-likeness (QED) is 0.518. The van der Waals surface area contributed by atoms with Crippen molar-refractivity contribution in [3.8, 4) is 0 Å². The van der Waals surface area contributed by atoms with Gasteiger partial charge < -0.3 is 0 Å². The van der Waals surface area contributed by atoms with Crippen molar-refractivity contribution in [3.05, 3.63) is 47.7 Å². The van der Waals surface area contributed by atoms with Gasteiger partial charge in [0.1, 0.15) is 0 Å². The normalized spacial score (nSPS) is 19.2. The van der Waals surface area contributed by atoms with Gasteiger partial charge >= 0.3 is 0 Å². The summed E-state index contributed by atoms with van der Waals surface area (Å²) in [5, 5.41) is 0.890. The van der Waals surface area contributed by atoms with Gasteiger partial charge in [-0.2, -0.15) is 11.8 Å². The third-order valence-corrected chi connectivity index (χ3v) is 3.09. The van der Waals surface area contributed by atoms with Crippen molar-refractivity contribution in [2.75, 3.05) is 5.75 Å². The SMILES string of the molecule is C=C=Cc1ccc(CC2CS2)cc1. The average Bonchev–Trinajstić information content (AvgIpc) is 2.93. The first-order valence-electron chi connectivity index (χ1n) is 4.45. The van der Waals surface area contributed by atoms with Crippen molar-refractivity contribution in [2.45, 2.75) is 11.7 Å². The van der Waals surface area contributed by atoms with Crippen LogP contribution in [-0.2, 0) is 6.42 Å². The average molecular weight is 188 g/mol. The molecule has 1 atom stereocenters. The maximum Gasteiger partial charge on any atom is 0.0179 e. The Morgan fingerprint density at radius 2 is 2.15 bits per heavy atom. The molecule has 1 heterocycles. The van der Waals surface area contributed by atoms with Gasteiger partial charge in [0.25, 0.3) is 0 Å². The summed E-state index contributed by atoms with van der Waals surface area (Å²) < 4.78 is 0. The minimum atomic E-state index is 0.890. The minimum absolute atomic E-state index is 0.890. The third-order valence-electron chi connectivity index (χ3n) is 2.11. The summed E-state index contributed by atoms with van der Waals surface area (Å²) >= 11 is 2.05. The second-order valence-corrected chi connectivity index (χ2v) is 4.58. The van der Waals surface area contributed by atoms with Crippen LogP contribution in [0.15, 0.2) is 36.6 Å². The van der Waals surface area contributed by atoms with E-state index in [1.807, 2.05) is 17.8 Å². The number of hydrogen-bond acceptors (Lipinski definition) is 1. The molecule has 1 heteroatoms. The maximum atomic E-state index is 3.55. The van der Waals surface area contributed by atoms with Crippen LogP contribution in [0, 0.1) is 0 Å². The highest BCUT2D eigenvalue weighted by atomic mass is 32.2. The van der Waals surface area contributed by atoms with Crippen LogP contribution in [-0.4, -0.2) is 11.0 Å². The van der Waals surface area contributed by atoms with E-state index in [4.69, 9.17) is 0 Å². The summed E-state index contributed by atoms with van der Waals surface area (Å²) in [6, 6.07) is 8.64. The number of rotatable bonds is 3. The van der Waals surface area contributed by atoms with E-state index in [9.17, 15) is 0 Å². The molecule has 0 amide bonds. The van der Waals surface area contributed by atoms with E-state index in [2.05, 4.69) is 36.6 Å². The van der Waals surface area contributed by atoms with Crippen molar-refractivity contribution in [2.24, 2.45) is 0 Å². The smallest absolute Gasteiger partial charge is 0.0179 e. The molecule has 0 saturated carbocycles. The lowest BCUT2D eigenvalue weighted by molar-refractivity contribution is 1.02. The molecule has 1 aromatic carbocycles. The van der Waals surface area contributed by atoms with Gasteiger partial charge in [-0.1, -0.05) is 30.8 Å². The van der Waals surface area contributed by atoms with Crippen LogP contribution < -0.4 is 0 Å². The fourth-order valence-corrected chi connectivity index (χ4v) is 1.88. The van der Waals surface area contributed by atoms with Gasteiger partial charge in [0, 0.05) is 11.0 Å². The Morgan fingerprint density at radius 3 is 2.69 bits per heavy atom. The predicted octanol–water partition coefficient (Wildman–Crippen LogP) is 3.14. The van der Waals surface area contributed by atoms with E-state index in [0.29, 0.717) is 0 Å². The minimum Gasteiger partial charge on any atom is -0.156 e. The first-order chi connectivity index (χ1) is 6.38. The van der Waals surface area contributed by atoms with E-state index < -0.39 is 0 Å². The summed E-state index contributed by atoms with van der Waals surface area (Å²) in [7, 11) is 0. The largest absolute Gasteiger partial charge is 0.156 e. The molecule has 13 heavy (non-hydrogen) atoms. The molecule has 2 rings (SSSR count). The first-order valence-corrected chi connectivity index (χ1v) is 5.50. The highest BCUT2D eigenvalue weighted by molar-refractivity contribution is 8.06. The fraction of sp³-hybridized carbons (Fsp3) is 0.250. The Morgan fingerprint density at radius 1 is 1.46 bits per heavy atom. The summed E-state index contributed by atoms with van der Waals surface area (Å²) in [4.78, 5) is 0. The van der Waals surface area contributed by atoms with Gasteiger partial charge in [0.2, 0.25) is 0 Å². The monoisotopic (exact) mass is 188 g/mol. The highest BCUT2D eigenvalue weighted by Crippen LogP contribution is 2.33. The lowest BCUT2D eigenvalue weighted by Gasteiger charge is -1.98. The van der Waals surface area contributed by atoms with Crippen LogP contribution in [0.3, 0.4) is 0 Å². The van der Waals surface area contributed by atoms with E-state index in [1.54, 1.807) is 0 Å². The van der Waals surface area contributed by atoms with Crippen LogP contribution in [0.1, 0.15) is 11.1 Å². The molecule has 0 nitrogen and oxygen atoms in total. The van der Waals surface area contributed by atoms with Gasteiger partial charge in [-0.15, -0.1) is 5.73 Å². The predicted molar refractivity (Wildman–Crippen MR) is 60.0 cm³/mol. The highest BCUT2D eigenvalue weighted by Gasteiger charge is 2.21. The van der Waals surface area contributed by atoms with Crippen molar-refractivity contribution in [1.29, 1.82) is 0 Å². The molecule has 0 bridgehead atoms. The third kappa shape index (κ3) is 2.51. The molecule has 1 saturated heterocycles. The van der Waals surface area contributed by atoms with Crippen molar-refractivity contribution in [3.63, 3.8) is 0 Å². The van der Waals surface area contributed by atoms with Crippen LogP contribution in [0.25, 0.3) is 6.08 Å². The van der Waals surface area contributed by atoms with Crippen molar-refractivity contribution < 1.29 is 0 Å². The Balaban J connectivity index is 2.07. The Labute approximate surface area is 83.4 Å². The zero-order valence-corrected chi connectivity index (χ0v) is 8.31. The summed E-state index contributed by atoms with van der Waals surface area (Å²) in [5.41, 5.74) is 5.40. The zero-order valence-electron chi connectivity index (χ0n) is 7.49. The molecule has 0 radical (unpaired) electrons. The topological polar surface area (TPSA) is 0 Å². The van der Waals surface area contributed by atoms with E-state index in [1.165, 1.54) is 23.3 Å².